The number of aromatic nitrogens is 2. The average Bonchev–Trinajstić information content (AvgIpc) is 3.45. The second kappa shape index (κ2) is 8.77. The Morgan fingerprint density at radius 3 is 2.66 bits per heavy atom. The van der Waals surface area contributed by atoms with Crippen molar-refractivity contribution in [2.24, 2.45) is 5.92 Å². The Hall–Kier alpha value is -3.35. The van der Waals surface area contributed by atoms with Crippen LogP contribution in [0.1, 0.15) is 31.6 Å². The molecule has 0 unspecified atom stereocenters. The van der Waals surface area contributed by atoms with E-state index in [1.165, 1.54) is 0 Å². The summed E-state index contributed by atoms with van der Waals surface area (Å²) in [4.78, 5) is 12.3. The van der Waals surface area contributed by atoms with Crippen LogP contribution in [0.5, 0.6) is 11.5 Å². The smallest absolute Gasteiger partial charge is 0.254 e. The van der Waals surface area contributed by atoms with Gasteiger partial charge in [0.2, 0.25) is 11.8 Å². The van der Waals surface area contributed by atoms with Gasteiger partial charge in [0, 0.05) is 23.2 Å². The second-order valence-corrected chi connectivity index (χ2v) is 7.02. The van der Waals surface area contributed by atoms with Crippen molar-refractivity contribution in [2.75, 3.05) is 12.4 Å². The van der Waals surface area contributed by atoms with Gasteiger partial charge in [0.25, 0.3) is 5.89 Å². The van der Waals surface area contributed by atoms with E-state index in [4.69, 9.17) is 13.9 Å². The van der Waals surface area contributed by atoms with Crippen molar-refractivity contribution in [3.05, 3.63) is 54.4 Å². The van der Waals surface area contributed by atoms with Crippen molar-refractivity contribution in [3.8, 4) is 23.0 Å². The van der Waals surface area contributed by atoms with Crippen molar-refractivity contribution in [1.82, 2.24) is 10.2 Å². The summed E-state index contributed by atoms with van der Waals surface area (Å²) in [6, 6.07) is 14.7. The highest BCUT2D eigenvalue weighted by Crippen LogP contribution is 2.27. The Labute approximate surface area is 169 Å². The molecule has 1 aromatic heterocycles. The number of amides is 1. The molecule has 1 aliphatic rings. The van der Waals surface area contributed by atoms with Gasteiger partial charge in [-0.1, -0.05) is 18.9 Å². The van der Waals surface area contributed by atoms with E-state index in [2.05, 4.69) is 15.5 Å². The average molecular weight is 393 g/mol. The highest BCUT2D eigenvalue weighted by atomic mass is 16.5. The number of methoxy groups -OCH3 is 1. The molecule has 150 valence electrons. The molecule has 1 aliphatic carbocycles. The van der Waals surface area contributed by atoms with Crippen LogP contribution in [0.2, 0.25) is 0 Å². The Bertz CT molecular complexity index is 962. The Kier molecular flexibility index (Phi) is 5.74. The molecule has 0 atom stereocenters. The summed E-state index contributed by atoms with van der Waals surface area (Å²) < 4.78 is 16.6. The number of carbonyl (C=O) groups is 1. The lowest BCUT2D eigenvalue weighted by atomic mass is 10.1. The third-order valence-corrected chi connectivity index (χ3v) is 4.99. The topological polar surface area (TPSA) is 86.5 Å². The summed E-state index contributed by atoms with van der Waals surface area (Å²) in [5.41, 5.74) is 1.53. The van der Waals surface area contributed by atoms with E-state index in [9.17, 15) is 4.79 Å². The molecule has 0 saturated heterocycles. The maximum atomic E-state index is 12.3. The van der Waals surface area contributed by atoms with Crippen LogP contribution < -0.4 is 14.8 Å². The van der Waals surface area contributed by atoms with Crippen LogP contribution in [-0.2, 0) is 11.4 Å². The third-order valence-electron chi connectivity index (χ3n) is 4.99. The van der Waals surface area contributed by atoms with Crippen LogP contribution in [0.15, 0.2) is 52.9 Å². The molecular formula is C22H23N3O4. The summed E-state index contributed by atoms with van der Waals surface area (Å²) in [5, 5.41) is 11.1. The van der Waals surface area contributed by atoms with Crippen molar-refractivity contribution in [1.29, 1.82) is 0 Å². The molecule has 1 N–H and O–H groups in total. The number of nitrogens with one attached hydrogen (secondary N) is 1. The molecule has 1 saturated carbocycles. The normalized spacial score (nSPS) is 14.0. The fraction of sp³-hybridized carbons (Fsp3) is 0.318. The van der Waals surface area contributed by atoms with E-state index >= 15 is 0 Å². The summed E-state index contributed by atoms with van der Waals surface area (Å²) in [7, 11) is 1.62. The molecule has 4 rings (SSSR count). The van der Waals surface area contributed by atoms with Gasteiger partial charge in [-0.15, -0.1) is 10.2 Å². The SMILES string of the molecule is COc1ccc(-c2nnc(COc3cccc(NC(=O)C4CCCC4)c3)o2)cc1. The molecule has 7 nitrogen and oxygen atoms in total. The lowest BCUT2D eigenvalue weighted by Crippen LogP contribution is -2.20. The van der Waals surface area contributed by atoms with Gasteiger partial charge in [-0.3, -0.25) is 4.79 Å². The van der Waals surface area contributed by atoms with Crippen LogP contribution in [0.4, 0.5) is 5.69 Å². The van der Waals surface area contributed by atoms with Crippen molar-refractivity contribution >= 4 is 11.6 Å². The fourth-order valence-electron chi connectivity index (χ4n) is 3.40. The molecule has 1 amide bonds. The van der Waals surface area contributed by atoms with Gasteiger partial charge in [-0.25, -0.2) is 0 Å². The first kappa shape index (κ1) is 19.0. The van der Waals surface area contributed by atoms with Gasteiger partial charge in [-0.2, -0.15) is 0 Å². The largest absolute Gasteiger partial charge is 0.497 e. The molecule has 2 aromatic carbocycles. The number of hydrogen-bond donors (Lipinski definition) is 1. The highest BCUT2D eigenvalue weighted by Gasteiger charge is 2.22. The van der Waals surface area contributed by atoms with E-state index in [0.717, 1.165) is 42.7 Å². The van der Waals surface area contributed by atoms with Crippen molar-refractivity contribution in [2.45, 2.75) is 32.3 Å². The zero-order valence-corrected chi connectivity index (χ0v) is 16.3. The van der Waals surface area contributed by atoms with E-state index in [1.54, 1.807) is 13.2 Å². The predicted octanol–water partition coefficient (Wildman–Crippen LogP) is 4.45. The van der Waals surface area contributed by atoms with Gasteiger partial charge in [0.1, 0.15) is 11.5 Å². The molecule has 0 radical (unpaired) electrons. The predicted molar refractivity (Wildman–Crippen MR) is 108 cm³/mol. The number of nitrogens with zero attached hydrogens (tertiary/aromatic N) is 2. The summed E-state index contributed by atoms with van der Waals surface area (Å²) in [6.07, 6.45) is 4.19. The summed E-state index contributed by atoms with van der Waals surface area (Å²) >= 11 is 0. The van der Waals surface area contributed by atoms with Crippen LogP contribution in [0, 0.1) is 5.92 Å². The van der Waals surface area contributed by atoms with E-state index in [-0.39, 0.29) is 18.4 Å². The first-order valence-electron chi connectivity index (χ1n) is 9.72. The molecule has 1 fully saturated rings. The Morgan fingerprint density at radius 2 is 1.90 bits per heavy atom. The molecule has 0 bridgehead atoms. The van der Waals surface area contributed by atoms with Gasteiger partial charge >= 0.3 is 0 Å². The number of ether oxygens (including phenoxy) is 2. The number of anilines is 1. The molecule has 0 spiro atoms. The molecule has 0 aliphatic heterocycles. The van der Waals surface area contributed by atoms with E-state index in [0.29, 0.717) is 17.5 Å². The molecule has 7 heteroatoms. The highest BCUT2D eigenvalue weighted by molar-refractivity contribution is 5.92. The van der Waals surface area contributed by atoms with Crippen molar-refractivity contribution in [3.63, 3.8) is 0 Å². The molecule has 1 heterocycles. The van der Waals surface area contributed by atoms with Crippen LogP contribution in [-0.4, -0.2) is 23.2 Å². The minimum Gasteiger partial charge on any atom is -0.497 e. The number of hydrogen-bond acceptors (Lipinski definition) is 6. The standard InChI is InChI=1S/C22H23N3O4/c1-27-18-11-9-16(10-12-18)22-25-24-20(29-22)14-28-19-8-4-7-17(13-19)23-21(26)15-5-2-3-6-15/h4,7-13,15H,2-3,5-6,14H2,1H3,(H,23,26). The quantitative estimate of drug-likeness (QED) is 0.638. The Morgan fingerprint density at radius 1 is 1.10 bits per heavy atom. The minimum absolute atomic E-state index is 0.0840. The number of benzene rings is 2. The molecular weight excluding hydrogens is 370 g/mol. The lowest BCUT2D eigenvalue weighted by Gasteiger charge is -2.11. The van der Waals surface area contributed by atoms with E-state index in [1.807, 2.05) is 42.5 Å². The van der Waals surface area contributed by atoms with Gasteiger partial charge in [0.15, 0.2) is 6.61 Å². The zero-order chi connectivity index (χ0) is 20.1. The second-order valence-electron chi connectivity index (χ2n) is 7.02. The van der Waals surface area contributed by atoms with Crippen LogP contribution in [0.3, 0.4) is 0 Å². The maximum Gasteiger partial charge on any atom is 0.254 e. The van der Waals surface area contributed by atoms with Crippen LogP contribution in [0.25, 0.3) is 11.5 Å². The number of carbonyl (C=O) groups excluding carboxylic acids is 1. The first-order chi connectivity index (χ1) is 14.2. The Balaban J connectivity index is 1.35. The lowest BCUT2D eigenvalue weighted by molar-refractivity contribution is -0.119. The zero-order valence-electron chi connectivity index (χ0n) is 16.3. The fourth-order valence-corrected chi connectivity index (χ4v) is 3.40. The minimum atomic E-state index is 0.0840. The first-order valence-corrected chi connectivity index (χ1v) is 9.72. The van der Waals surface area contributed by atoms with E-state index < -0.39 is 0 Å². The third kappa shape index (κ3) is 4.74. The monoisotopic (exact) mass is 393 g/mol. The summed E-state index contributed by atoms with van der Waals surface area (Å²) in [6.45, 7) is 0.142. The van der Waals surface area contributed by atoms with Gasteiger partial charge in [-0.05, 0) is 49.2 Å². The maximum absolute atomic E-state index is 12.3. The molecule has 3 aromatic rings. The van der Waals surface area contributed by atoms with Gasteiger partial charge < -0.3 is 19.2 Å². The van der Waals surface area contributed by atoms with Crippen LogP contribution >= 0.6 is 0 Å². The van der Waals surface area contributed by atoms with Crippen molar-refractivity contribution < 1.29 is 18.7 Å². The number of rotatable bonds is 7. The molecule has 29 heavy (non-hydrogen) atoms. The summed E-state index contributed by atoms with van der Waals surface area (Å²) in [5.74, 6) is 2.38. The van der Waals surface area contributed by atoms with Gasteiger partial charge in [0.05, 0.1) is 7.11 Å².